The van der Waals surface area contributed by atoms with Crippen LogP contribution in [0.3, 0.4) is 0 Å². The van der Waals surface area contributed by atoms with Crippen LogP contribution >= 0.6 is 11.3 Å². The molecule has 2 rings (SSSR count). The average molecular weight is 291 g/mol. The van der Waals surface area contributed by atoms with Gasteiger partial charge in [-0.1, -0.05) is 6.92 Å². The molecule has 6 nitrogen and oxygen atoms in total. The Kier molecular flexibility index (Phi) is 4.65. The largest absolute Gasteiger partial charge is 0.351 e. The highest BCUT2D eigenvalue weighted by atomic mass is 32.1. The van der Waals surface area contributed by atoms with Crippen LogP contribution in [0.1, 0.15) is 33.9 Å². The molecule has 0 fully saturated rings. The first-order valence-corrected chi connectivity index (χ1v) is 7.11. The monoisotopic (exact) mass is 291 g/mol. The molecule has 2 aromatic heterocycles. The molecule has 0 aliphatic heterocycles. The number of rotatable bonds is 5. The van der Waals surface area contributed by atoms with Gasteiger partial charge < -0.3 is 10.7 Å². The molecule has 7 heteroatoms. The van der Waals surface area contributed by atoms with E-state index >= 15 is 0 Å². The molecule has 106 valence electrons. The normalized spacial score (nSPS) is 11.9. The number of nitrogens with zero attached hydrogens (tertiary/aromatic N) is 2. The first-order valence-electron chi connectivity index (χ1n) is 6.23. The van der Waals surface area contributed by atoms with Crippen LogP contribution in [-0.2, 0) is 0 Å². The number of nitrogens with one attached hydrogen (secondary N) is 2. The van der Waals surface area contributed by atoms with Crippen LogP contribution in [-0.4, -0.2) is 22.4 Å². The van der Waals surface area contributed by atoms with Gasteiger partial charge in [0.15, 0.2) is 0 Å². The van der Waals surface area contributed by atoms with Gasteiger partial charge in [-0.15, -0.1) is 11.3 Å². The molecule has 2 heterocycles. The van der Waals surface area contributed by atoms with Crippen LogP contribution in [0.15, 0.2) is 23.7 Å². The molecule has 1 amide bonds. The predicted molar refractivity (Wildman–Crippen MR) is 79.6 cm³/mol. The van der Waals surface area contributed by atoms with Crippen molar-refractivity contribution >= 4 is 23.1 Å². The topological polar surface area (TPSA) is 92.9 Å². The number of hydrogen-bond donors (Lipinski definition) is 3. The second kappa shape index (κ2) is 6.44. The molecular formula is C13H17N5OS. The molecular weight excluding hydrogens is 274 g/mol. The van der Waals surface area contributed by atoms with E-state index in [1.165, 1.54) is 0 Å². The van der Waals surface area contributed by atoms with Gasteiger partial charge in [-0.05, 0) is 19.1 Å². The Morgan fingerprint density at radius 2 is 2.30 bits per heavy atom. The number of anilines is 1. The quantitative estimate of drug-likeness (QED) is 0.575. The number of hydrogen-bond acceptors (Lipinski definition) is 6. The van der Waals surface area contributed by atoms with Gasteiger partial charge in [-0.2, -0.15) is 0 Å². The molecule has 1 unspecified atom stereocenters. The van der Waals surface area contributed by atoms with Crippen molar-refractivity contribution in [2.45, 2.75) is 19.8 Å². The van der Waals surface area contributed by atoms with E-state index in [0.29, 0.717) is 17.9 Å². The van der Waals surface area contributed by atoms with E-state index in [9.17, 15) is 4.79 Å². The number of pyridine rings is 1. The lowest BCUT2D eigenvalue weighted by atomic mass is 10.1. The number of aromatic nitrogens is 2. The summed E-state index contributed by atoms with van der Waals surface area (Å²) in [6.45, 7) is 4.39. The summed E-state index contributed by atoms with van der Waals surface area (Å²) in [5.74, 6) is 5.84. The average Bonchev–Trinajstić information content (AvgIpc) is 2.97. The van der Waals surface area contributed by atoms with Gasteiger partial charge >= 0.3 is 0 Å². The smallest absolute Gasteiger partial charge is 0.251 e. The van der Waals surface area contributed by atoms with Crippen molar-refractivity contribution in [3.8, 4) is 0 Å². The molecule has 0 saturated heterocycles. The molecule has 2 aromatic rings. The van der Waals surface area contributed by atoms with Crippen LogP contribution in [0.2, 0.25) is 0 Å². The van der Waals surface area contributed by atoms with Crippen molar-refractivity contribution in [3.63, 3.8) is 0 Å². The number of carbonyl (C=O) groups excluding carboxylic acids is 1. The Morgan fingerprint density at radius 1 is 1.50 bits per heavy atom. The number of aryl methyl sites for hydroxylation is 1. The van der Waals surface area contributed by atoms with Crippen LogP contribution in [0.5, 0.6) is 0 Å². The number of amides is 1. The molecule has 20 heavy (non-hydrogen) atoms. The standard InChI is InChI=1S/C13H17N5OS/c1-8(13-15-3-4-20-13)7-16-12(19)10-5-9(2)17-11(6-10)18-14/h3-6,8H,7,14H2,1-2H3,(H,16,19)(H,17,18). The van der Waals surface area contributed by atoms with E-state index in [1.807, 2.05) is 19.2 Å². The molecule has 0 radical (unpaired) electrons. The lowest BCUT2D eigenvalue weighted by Crippen LogP contribution is -2.27. The van der Waals surface area contributed by atoms with Gasteiger partial charge in [0, 0.05) is 35.3 Å². The molecule has 4 N–H and O–H groups in total. The lowest BCUT2D eigenvalue weighted by Gasteiger charge is -2.11. The zero-order valence-corrected chi connectivity index (χ0v) is 12.2. The van der Waals surface area contributed by atoms with Crippen molar-refractivity contribution < 1.29 is 4.79 Å². The number of hydrazine groups is 1. The van der Waals surface area contributed by atoms with E-state index in [1.54, 1.807) is 29.7 Å². The Morgan fingerprint density at radius 3 is 2.95 bits per heavy atom. The summed E-state index contributed by atoms with van der Waals surface area (Å²) in [5, 5.41) is 5.84. The highest BCUT2D eigenvalue weighted by Crippen LogP contribution is 2.16. The van der Waals surface area contributed by atoms with Crippen molar-refractivity contribution in [3.05, 3.63) is 40.0 Å². The minimum Gasteiger partial charge on any atom is -0.351 e. The number of nitrogens with two attached hydrogens (primary N) is 1. The van der Waals surface area contributed by atoms with E-state index in [4.69, 9.17) is 5.84 Å². The fourth-order valence-electron chi connectivity index (χ4n) is 1.79. The maximum Gasteiger partial charge on any atom is 0.251 e. The van der Waals surface area contributed by atoms with Gasteiger partial charge in [0.05, 0.1) is 5.01 Å². The highest BCUT2D eigenvalue weighted by Gasteiger charge is 2.12. The summed E-state index contributed by atoms with van der Waals surface area (Å²) >= 11 is 1.59. The zero-order valence-electron chi connectivity index (χ0n) is 11.4. The highest BCUT2D eigenvalue weighted by molar-refractivity contribution is 7.09. The Labute approximate surface area is 121 Å². The summed E-state index contributed by atoms with van der Waals surface area (Å²) in [5.41, 5.74) is 3.72. The Bertz CT molecular complexity index is 584. The van der Waals surface area contributed by atoms with Gasteiger partial charge in [0.2, 0.25) is 0 Å². The number of thiazole rings is 1. The fraction of sp³-hybridized carbons (Fsp3) is 0.308. The molecule has 0 aromatic carbocycles. The summed E-state index contributed by atoms with van der Waals surface area (Å²) in [6, 6.07) is 3.35. The van der Waals surface area contributed by atoms with Crippen LogP contribution in [0, 0.1) is 6.92 Å². The first-order chi connectivity index (χ1) is 9.60. The Balaban J connectivity index is 2.00. The minimum atomic E-state index is -0.143. The molecule has 0 aliphatic rings. The third kappa shape index (κ3) is 3.52. The third-order valence-corrected chi connectivity index (χ3v) is 3.81. The summed E-state index contributed by atoms with van der Waals surface area (Å²) in [4.78, 5) is 20.5. The van der Waals surface area contributed by atoms with E-state index in [0.717, 1.165) is 10.7 Å². The van der Waals surface area contributed by atoms with Gasteiger partial charge in [-0.3, -0.25) is 4.79 Å². The summed E-state index contributed by atoms with van der Waals surface area (Å²) < 4.78 is 0. The third-order valence-electron chi connectivity index (χ3n) is 2.81. The van der Waals surface area contributed by atoms with Gasteiger partial charge in [-0.25, -0.2) is 15.8 Å². The predicted octanol–water partition coefficient (Wildman–Crippen LogP) is 1.67. The van der Waals surface area contributed by atoms with Crippen LogP contribution in [0.4, 0.5) is 5.82 Å². The maximum atomic E-state index is 12.1. The molecule has 0 bridgehead atoms. The van der Waals surface area contributed by atoms with Crippen molar-refractivity contribution in [1.29, 1.82) is 0 Å². The fourth-order valence-corrected chi connectivity index (χ4v) is 2.49. The van der Waals surface area contributed by atoms with Gasteiger partial charge in [0.1, 0.15) is 5.82 Å². The summed E-state index contributed by atoms with van der Waals surface area (Å²) in [7, 11) is 0. The number of carbonyl (C=O) groups is 1. The maximum absolute atomic E-state index is 12.1. The van der Waals surface area contributed by atoms with Crippen molar-refractivity contribution in [2.75, 3.05) is 12.0 Å². The second-order valence-corrected chi connectivity index (χ2v) is 5.43. The zero-order chi connectivity index (χ0) is 14.5. The van der Waals surface area contributed by atoms with E-state index < -0.39 is 0 Å². The second-order valence-electron chi connectivity index (χ2n) is 4.51. The van der Waals surface area contributed by atoms with Crippen molar-refractivity contribution in [1.82, 2.24) is 15.3 Å². The van der Waals surface area contributed by atoms with Crippen LogP contribution in [0.25, 0.3) is 0 Å². The van der Waals surface area contributed by atoms with Crippen LogP contribution < -0.4 is 16.6 Å². The molecule has 0 spiro atoms. The van der Waals surface area contributed by atoms with Crippen molar-refractivity contribution in [2.24, 2.45) is 5.84 Å². The number of nitrogen functional groups attached to an aromatic ring is 1. The minimum absolute atomic E-state index is 0.143. The summed E-state index contributed by atoms with van der Waals surface area (Å²) in [6.07, 6.45) is 1.77. The van der Waals surface area contributed by atoms with E-state index in [-0.39, 0.29) is 11.8 Å². The molecule has 0 saturated carbocycles. The molecule has 1 atom stereocenters. The SMILES string of the molecule is Cc1cc(C(=O)NCC(C)c2nccs2)cc(NN)n1. The lowest BCUT2D eigenvalue weighted by molar-refractivity contribution is 0.0951. The van der Waals surface area contributed by atoms with Gasteiger partial charge in [0.25, 0.3) is 5.91 Å². The Hall–Kier alpha value is -1.99. The van der Waals surface area contributed by atoms with E-state index in [2.05, 4.69) is 20.7 Å². The first kappa shape index (κ1) is 14.4. The molecule has 0 aliphatic carbocycles.